The summed E-state index contributed by atoms with van der Waals surface area (Å²) in [5.74, 6) is 1.80. The second-order valence-corrected chi connectivity index (χ2v) is 11.2. The maximum atomic E-state index is 13.3. The molecule has 3 heterocycles. The van der Waals surface area contributed by atoms with Gasteiger partial charge in [0.2, 0.25) is 4.96 Å². The fourth-order valence-corrected chi connectivity index (χ4v) is 5.35. The molecule has 0 saturated heterocycles. The van der Waals surface area contributed by atoms with Crippen molar-refractivity contribution in [2.75, 3.05) is 6.61 Å². The van der Waals surface area contributed by atoms with E-state index in [9.17, 15) is 4.79 Å². The average Bonchev–Trinajstić information content (AvgIpc) is 3.67. The molecule has 0 atom stereocenters. The van der Waals surface area contributed by atoms with Crippen molar-refractivity contribution in [3.05, 3.63) is 122 Å². The molecule has 0 aliphatic rings. The summed E-state index contributed by atoms with van der Waals surface area (Å²) >= 11 is 1.32. The van der Waals surface area contributed by atoms with Crippen LogP contribution in [0.15, 0.2) is 89.9 Å². The number of ether oxygens (including phenoxy) is 1. The van der Waals surface area contributed by atoms with E-state index in [1.54, 1.807) is 0 Å². The molecule has 0 radical (unpaired) electrons. The zero-order chi connectivity index (χ0) is 28.3. The number of hydrogen-bond acceptors (Lipinski definition) is 6. The van der Waals surface area contributed by atoms with Crippen molar-refractivity contribution in [1.82, 2.24) is 24.4 Å². The minimum Gasteiger partial charge on any atom is -0.493 e. The summed E-state index contributed by atoms with van der Waals surface area (Å²) in [4.78, 5) is 18.5. The molecule has 6 aromatic rings. The van der Waals surface area contributed by atoms with Crippen LogP contribution >= 0.6 is 11.3 Å². The van der Waals surface area contributed by atoms with Gasteiger partial charge in [0.25, 0.3) is 5.56 Å². The lowest BCUT2D eigenvalue weighted by Gasteiger charge is -2.12. The van der Waals surface area contributed by atoms with Gasteiger partial charge in [-0.3, -0.25) is 4.79 Å². The summed E-state index contributed by atoms with van der Waals surface area (Å²) in [6.45, 7) is 6.96. The molecule has 3 aromatic heterocycles. The van der Waals surface area contributed by atoms with E-state index in [1.807, 2.05) is 109 Å². The number of rotatable bonds is 8. The smallest absolute Gasteiger partial charge is 0.291 e. The Kier molecular flexibility index (Phi) is 7.31. The van der Waals surface area contributed by atoms with Crippen LogP contribution in [0.5, 0.6) is 5.75 Å². The predicted molar refractivity (Wildman–Crippen MR) is 165 cm³/mol. The molecule has 3 aromatic carbocycles. The first kappa shape index (κ1) is 26.4. The second-order valence-electron chi connectivity index (χ2n) is 10.2. The lowest BCUT2D eigenvalue weighted by Crippen LogP contribution is -2.23. The lowest BCUT2D eigenvalue weighted by atomic mass is 10.0. The topological polar surface area (TPSA) is 74.3 Å². The van der Waals surface area contributed by atoms with Crippen LogP contribution in [0.3, 0.4) is 0 Å². The van der Waals surface area contributed by atoms with Crippen LogP contribution < -0.4 is 14.8 Å². The third-order valence-electron chi connectivity index (χ3n) is 6.49. The molecule has 0 bridgehead atoms. The van der Waals surface area contributed by atoms with Crippen LogP contribution in [-0.4, -0.2) is 31.0 Å². The Morgan fingerprint density at radius 2 is 1.71 bits per heavy atom. The Bertz CT molecular complexity index is 1950. The Balaban J connectivity index is 1.39. The molecule has 41 heavy (non-hydrogen) atoms. The fraction of sp³-hybridized carbons (Fsp3) is 0.152. The van der Waals surface area contributed by atoms with Crippen molar-refractivity contribution in [2.45, 2.75) is 20.8 Å². The van der Waals surface area contributed by atoms with E-state index < -0.39 is 0 Å². The Morgan fingerprint density at radius 3 is 2.41 bits per heavy atom. The average molecular weight is 560 g/mol. The molecule has 0 fully saturated rings. The SMILES string of the molecule is Cc1cc(-c2nn(-c3ccccc3)cc2/C=c2\sc3nc(/C=C/c4ccccc4)nn3c2=O)ccc1OCC(C)C. The van der Waals surface area contributed by atoms with Gasteiger partial charge in [-0.1, -0.05) is 79.8 Å². The van der Waals surface area contributed by atoms with Gasteiger partial charge in [0.05, 0.1) is 16.8 Å². The van der Waals surface area contributed by atoms with Crippen LogP contribution in [0.1, 0.15) is 36.4 Å². The highest BCUT2D eigenvalue weighted by atomic mass is 32.1. The molecule has 0 N–H and O–H groups in total. The summed E-state index contributed by atoms with van der Waals surface area (Å²) in [5.41, 5.74) is 5.35. The van der Waals surface area contributed by atoms with E-state index in [-0.39, 0.29) is 5.56 Å². The van der Waals surface area contributed by atoms with Gasteiger partial charge in [-0.25, -0.2) is 4.68 Å². The van der Waals surface area contributed by atoms with Gasteiger partial charge < -0.3 is 4.74 Å². The van der Waals surface area contributed by atoms with Crippen LogP contribution in [-0.2, 0) is 0 Å². The first-order valence-electron chi connectivity index (χ1n) is 13.5. The van der Waals surface area contributed by atoms with Gasteiger partial charge >= 0.3 is 0 Å². The van der Waals surface area contributed by atoms with Gasteiger partial charge in [-0.2, -0.15) is 14.6 Å². The Morgan fingerprint density at radius 1 is 0.951 bits per heavy atom. The largest absolute Gasteiger partial charge is 0.493 e. The molecule has 6 rings (SSSR count). The monoisotopic (exact) mass is 559 g/mol. The number of para-hydroxylation sites is 1. The minimum atomic E-state index is -0.205. The molecule has 8 heteroatoms. The van der Waals surface area contributed by atoms with E-state index in [4.69, 9.17) is 9.84 Å². The van der Waals surface area contributed by atoms with Gasteiger partial charge in [0.15, 0.2) is 5.82 Å². The number of thiazole rings is 1. The zero-order valence-electron chi connectivity index (χ0n) is 23.1. The van der Waals surface area contributed by atoms with Crippen LogP contribution in [0.2, 0.25) is 0 Å². The quantitative estimate of drug-likeness (QED) is 0.227. The maximum absolute atomic E-state index is 13.3. The third kappa shape index (κ3) is 5.73. The number of fused-ring (bicyclic) bond motifs is 1. The highest BCUT2D eigenvalue weighted by Gasteiger charge is 2.15. The first-order valence-corrected chi connectivity index (χ1v) is 14.3. The summed E-state index contributed by atoms with van der Waals surface area (Å²) < 4.78 is 9.74. The van der Waals surface area contributed by atoms with E-state index in [0.29, 0.717) is 27.8 Å². The second kappa shape index (κ2) is 11.3. The predicted octanol–water partition coefficient (Wildman–Crippen LogP) is 6.07. The highest BCUT2D eigenvalue weighted by Crippen LogP contribution is 2.29. The van der Waals surface area contributed by atoms with E-state index in [0.717, 1.165) is 39.4 Å². The molecule has 0 aliphatic carbocycles. The van der Waals surface area contributed by atoms with Crippen molar-refractivity contribution in [3.63, 3.8) is 0 Å². The third-order valence-corrected chi connectivity index (χ3v) is 7.45. The van der Waals surface area contributed by atoms with Gasteiger partial charge in [0, 0.05) is 17.3 Å². The normalized spacial score (nSPS) is 12.2. The number of aromatic nitrogens is 5. The first-order chi connectivity index (χ1) is 19.9. The standard InChI is InChI=1S/C33H29N5O2S/c1-22(2)21-40-28-16-15-25(18-23(28)3)31-26(20-37(36-31)27-12-8-5-9-13-27)19-29-32(39)38-33(41-29)34-30(35-38)17-14-24-10-6-4-7-11-24/h4-20,22H,21H2,1-3H3/b17-14+,29-19-. The summed E-state index contributed by atoms with van der Waals surface area (Å²) in [5, 5.41) is 9.37. The van der Waals surface area contributed by atoms with Crippen molar-refractivity contribution in [3.8, 4) is 22.7 Å². The van der Waals surface area contributed by atoms with Gasteiger partial charge in [0.1, 0.15) is 11.4 Å². The molecular weight excluding hydrogens is 530 g/mol. The molecule has 7 nitrogen and oxygen atoms in total. The number of aryl methyl sites for hydroxylation is 1. The minimum absolute atomic E-state index is 0.205. The number of nitrogens with zero attached hydrogens (tertiary/aromatic N) is 5. The Hall–Kier alpha value is -4.82. The van der Waals surface area contributed by atoms with Crippen LogP contribution in [0.4, 0.5) is 0 Å². The molecule has 0 aliphatic heterocycles. The van der Waals surface area contributed by atoms with E-state index >= 15 is 0 Å². The van der Waals surface area contributed by atoms with Crippen LogP contribution in [0.25, 0.3) is 40.1 Å². The zero-order valence-corrected chi connectivity index (χ0v) is 23.9. The molecular formula is C33H29N5O2S. The fourth-order valence-electron chi connectivity index (χ4n) is 4.44. The van der Waals surface area contributed by atoms with Crippen molar-refractivity contribution < 1.29 is 4.74 Å². The summed E-state index contributed by atoms with van der Waals surface area (Å²) in [7, 11) is 0. The molecule has 0 saturated carbocycles. The summed E-state index contributed by atoms with van der Waals surface area (Å²) in [6, 6.07) is 25.9. The Labute approximate surface area is 241 Å². The molecule has 0 spiro atoms. The molecule has 0 amide bonds. The highest BCUT2D eigenvalue weighted by molar-refractivity contribution is 7.15. The maximum Gasteiger partial charge on any atom is 0.291 e. The number of benzene rings is 3. The van der Waals surface area contributed by atoms with Gasteiger partial charge in [-0.15, -0.1) is 5.10 Å². The van der Waals surface area contributed by atoms with Crippen LogP contribution in [0, 0.1) is 12.8 Å². The lowest BCUT2D eigenvalue weighted by molar-refractivity contribution is 0.269. The molecule has 204 valence electrons. The van der Waals surface area contributed by atoms with Crippen molar-refractivity contribution in [1.29, 1.82) is 0 Å². The summed E-state index contributed by atoms with van der Waals surface area (Å²) in [6.07, 6.45) is 7.58. The molecule has 0 unspecified atom stereocenters. The van der Waals surface area contributed by atoms with Gasteiger partial charge in [-0.05, 0) is 66.5 Å². The van der Waals surface area contributed by atoms with Crippen molar-refractivity contribution >= 4 is 34.5 Å². The van der Waals surface area contributed by atoms with Crippen molar-refractivity contribution in [2.24, 2.45) is 5.92 Å². The number of hydrogen-bond donors (Lipinski definition) is 0. The van der Waals surface area contributed by atoms with E-state index in [1.165, 1.54) is 15.9 Å². The van der Waals surface area contributed by atoms with E-state index in [2.05, 4.69) is 30.0 Å².